The lowest BCUT2D eigenvalue weighted by Crippen LogP contribution is -2.35. The highest BCUT2D eigenvalue weighted by Crippen LogP contribution is 2.35. The van der Waals surface area contributed by atoms with Crippen LogP contribution in [-0.2, 0) is 19.7 Å². The lowest BCUT2D eigenvalue weighted by Gasteiger charge is -2.18. The number of aromatic hydroxyl groups is 1. The molecule has 2 saturated heterocycles. The van der Waals surface area contributed by atoms with Gasteiger partial charge in [-0.2, -0.15) is 8.42 Å². The van der Waals surface area contributed by atoms with E-state index in [-0.39, 0.29) is 18.3 Å². The van der Waals surface area contributed by atoms with E-state index in [0.29, 0.717) is 10.9 Å². The number of anilines is 2. The van der Waals surface area contributed by atoms with Crippen molar-refractivity contribution in [2.75, 3.05) is 29.3 Å². The first-order valence-electron chi connectivity index (χ1n) is 7.78. The van der Waals surface area contributed by atoms with Crippen molar-refractivity contribution >= 4 is 33.5 Å². The van der Waals surface area contributed by atoms with Gasteiger partial charge in [-0.3, -0.25) is 4.79 Å². The van der Waals surface area contributed by atoms with E-state index in [0.717, 1.165) is 25.0 Å². The fourth-order valence-electron chi connectivity index (χ4n) is 2.74. The number of nitrogens with one attached hydrogen (secondary N) is 3. The van der Waals surface area contributed by atoms with E-state index >= 15 is 0 Å². The van der Waals surface area contributed by atoms with Gasteiger partial charge in [0.15, 0.2) is 5.82 Å². The molecule has 2 aliphatic rings. The van der Waals surface area contributed by atoms with Crippen LogP contribution in [0.2, 0.25) is 0 Å². The number of rotatable bonds is 4. The first-order chi connectivity index (χ1) is 12.3. The van der Waals surface area contributed by atoms with Gasteiger partial charge in [0.05, 0.1) is 6.10 Å². The van der Waals surface area contributed by atoms with Crippen molar-refractivity contribution in [2.24, 2.45) is 0 Å². The molecule has 1 aromatic rings. The molecule has 26 heavy (non-hydrogen) atoms. The molecule has 0 radical (unpaired) electrons. The maximum atomic E-state index is 14.3. The summed E-state index contributed by atoms with van der Waals surface area (Å²) in [7, 11) is -4.27. The number of halogens is 1. The third-order valence-electron chi connectivity index (χ3n) is 3.89. The van der Waals surface area contributed by atoms with Crippen LogP contribution in [0.1, 0.15) is 12.8 Å². The highest BCUT2D eigenvalue weighted by Gasteiger charge is 2.37. The van der Waals surface area contributed by atoms with Crippen LogP contribution in [0, 0.1) is 5.82 Å². The Balaban J connectivity index is 1.71. The van der Waals surface area contributed by atoms with Crippen LogP contribution in [-0.4, -0.2) is 51.3 Å². The van der Waals surface area contributed by atoms with E-state index in [2.05, 4.69) is 10.6 Å². The maximum absolute atomic E-state index is 14.3. The minimum absolute atomic E-state index is 0.0707. The normalized spacial score (nSPS) is 21.5. The Morgan fingerprint density at radius 3 is 2.81 bits per heavy atom. The van der Waals surface area contributed by atoms with Gasteiger partial charge >= 0.3 is 16.2 Å². The first kappa shape index (κ1) is 18.2. The Morgan fingerprint density at radius 1 is 1.46 bits per heavy atom. The number of amides is 3. The SMILES string of the molecule is O=C1CN(c2c(O)cc(NC(=O)NCC3CCCO3)cc2F)S(=O)(=O)N1. The van der Waals surface area contributed by atoms with Crippen molar-refractivity contribution in [3.05, 3.63) is 17.9 Å². The molecule has 0 aliphatic carbocycles. The second-order valence-corrected chi connectivity index (χ2v) is 7.43. The van der Waals surface area contributed by atoms with Crippen LogP contribution < -0.4 is 19.7 Å². The van der Waals surface area contributed by atoms with Gasteiger partial charge in [0.1, 0.15) is 18.0 Å². The molecular weight excluding hydrogens is 371 g/mol. The quantitative estimate of drug-likeness (QED) is 0.574. The van der Waals surface area contributed by atoms with Crippen molar-refractivity contribution < 1.29 is 32.2 Å². The second kappa shape index (κ2) is 6.96. The maximum Gasteiger partial charge on any atom is 0.326 e. The number of carbonyl (C=O) groups excluding carboxylic acids is 2. The summed E-state index contributed by atoms with van der Waals surface area (Å²) in [5, 5.41) is 14.9. The van der Waals surface area contributed by atoms with Gasteiger partial charge < -0.3 is 20.5 Å². The van der Waals surface area contributed by atoms with Gasteiger partial charge in [-0.1, -0.05) is 0 Å². The molecule has 2 heterocycles. The zero-order chi connectivity index (χ0) is 18.9. The van der Waals surface area contributed by atoms with Crippen LogP contribution in [0.4, 0.5) is 20.6 Å². The average molecular weight is 388 g/mol. The van der Waals surface area contributed by atoms with Gasteiger partial charge in [0.25, 0.3) is 5.91 Å². The van der Waals surface area contributed by atoms with E-state index in [1.54, 1.807) is 4.72 Å². The molecule has 10 nitrogen and oxygen atoms in total. The average Bonchev–Trinajstić information content (AvgIpc) is 3.12. The number of urea groups is 1. The predicted octanol–water partition coefficient (Wildman–Crippen LogP) is 0.0128. The number of phenolic OH excluding ortho intramolecular Hbond substituents is 1. The Labute approximate surface area is 148 Å². The Bertz CT molecular complexity index is 817. The molecule has 2 aliphatic heterocycles. The van der Waals surface area contributed by atoms with Gasteiger partial charge in [0, 0.05) is 24.9 Å². The molecule has 1 aromatic carbocycles. The lowest BCUT2D eigenvalue weighted by atomic mass is 10.2. The third kappa shape index (κ3) is 3.80. The fourth-order valence-corrected chi connectivity index (χ4v) is 3.91. The number of nitrogens with zero attached hydrogens (tertiary/aromatic N) is 1. The van der Waals surface area contributed by atoms with Crippen molar-refractivity contribution in [3.63, 3.8) is 0 Å². The van der Waals surface area contributed by atoms with Crippen LogP contribution in [0.25, 0.3) is 0 Å². The molecule has 4 N–H and O–H groups in total. The summed E-state index contributed by atoms with van der Waals surface area (Å²) >= 11 is 0. The third-order valence-corrected chi connectivity index (χ3v) is 5.26. The molecule has 2 fully saturated rings. The summed E-state index contributed by atoms with van der Waals surface area (Å²) < 4.78 is 45.3. The molecule has 0 saturated carbocycles. The fraction of sp³-hybridized carbons (Fsp3) is 0.429. The topological polar surface area (TPSA) is 137 Å². The highest BCUT2D eigenvalue weighted by atomic mass is 32.2. The molecule has 142 valence electrons. The van der Waals surface area contributed by atoms with Gasteiger partial charge in [-0.15, -0.1) is 0 Å². The first-order valence-corrected chi connectivity index (χ1v) is 9.22. The number of ether oxygens (including phenoxy) is 1. The number of hydrogen-bond donors (Lipinski definition) is 4. The summed E-state index contributed by atoms with van der Waals surface area (Å²) in [6, 6.07) is 1.21. The van der Waals surface area contributed by atoms with Crippen LogP contribution in [0.5, 0.6) is 5.75 Å². The van der Waals surface area contributed by atoms with E-state index in [4.69, 9.17) is 4.74 Å². The van der Waals surface area contributed by atoms with Crippen LogP contribution >= 0.6 is 0 Å². The molecule has 0 aromatic heterocycles. The Hall–Kier alpha value is -2.60. The number of phenols is 1. The van der Waals surface area contributed by atoms with Crippen molar-refractivity contribution in [1.29, 1.82) is 0 Å². The van der Waals surface area contributed by atoms with Gasteiger partial charge in [-0.05, 0) is 18.9 Å². The number of carbonyl (C=O) groups is 2. The van der Waals surface area contributed by atoms with Crippen molar-refractivity contribution in [1.82, 2.24) is 10.0 Å². The van der Waals surface area contributed by atoms with E-state index < -0.39 is 45.9 Å². The molecule has 0 spiro atoms. The van der Waals surface area contributed by atoms with E-state index in [9.17, 15) is 27.5 Å². The summed E-state index contributed by atoms with van der Waals surface area (Å²) in [5.41, 5.74) is -0.752. The molecule has 3 amide bonds. The van der Waals surface area contributed by atoms with Gasteiger partial charge in [-0.25, -0.2) is 18.2 Å². The van der Waals surface area contributed by atoms with Crippen molar-refractivity contribution in [3.8, 4) is 5.75 Å². The predicted molar refractivity (Wildman–Crippen MR) is 88.5 cm³/mol. The molecule has 1 atom stereocenters. The van der Waals surface area contributed by atoms with E-state index in [1.807, 2.05) is 0 Å². The Morgan fingerprint density at radius 2 is 2.23 bits per heavy atom. The summed E-state index contributed by atoms with van der Waals surface area (Å²) in [6.07, 6.45) is 1.69. The number of benzene rings is 1. The monoisotopic (exact) mass is 388 g/mol. The lowest BCUT2D eigenvalue weighted by molar-refractivity contribution is -0.117. The summed E-state index contributed by atoms with van der Waals surface area (Å²) in [5.74, 6) is -2.70. The molecule has 12 heteroatoms. The molecular formula is C14H17FN4O6S. The summed E-state index contributed by atoms with van der Waals surface area (Å²) in [4.78, 5) is 23.1. The number of hydrogen-bond acceptors (Lipinski definition) is 6. The minimum atomic E-state index is -4.27. The van der Waals surface area contributed by atoms with Crippen molar-refractivity contribution in [2.45, 2.75) is 18.9 Å². The summed E-state index contributed by atoms with van der Waals surface area (Å²) in [6.45, 7) is 0.283. The zero-order valence-electron chi connectivity index (χ0n) is 13.5. The minimum Gasteiger partial charge on any atom is -0.506 e. The van der Waals surface area contributed by atoms with E-state index in [1.165, 1.54) is 0 Å². The Kier molecular flexibility index (Phi) is 4.87. The largest absolute Gasteiger partial charge is 0.506 e. The zero-order valence-corrected chi connectivity index (χ0v) is 14.3. The molecule has 3 rings (SSSR count). The molecule has 0 bridgehead atoms. The molecule has 1 unspecified atom stereocenters. The van der Waals surface area contributed by atoms with Crippen LogP contribution in [0.15, 0.2) is 12.1 Å². The van der Waals surface area contributed by atoms with Gasteiger partial charge in [0.2, 0.25) is 0 Å². The smallest absolute Gasteiger partial charge is 0.326 e. The second-order valence-electron chi connectivity index (χ2n) is 5.83. The standard InChI is InChI=1S/C14H17FN4O6S/c15-10-4-8(17-14(22)16-6-9-2-1-3-25-9)5-11(20)13(10)19-7-12(21)18-26(19,23)24/h4-5,9,20H,1-3,6-7H2,(H,18,21)(H2,16,17,22). The highest BCUT2D eigenvalue weighted by molar-refractivity contribution is 7.92. The van der Waals surface area contributed by atoms with Crippen LogP contribution in [0.3, 0.4) is 0 Å².